The SMILES string of the molecule is COc1cc2nccc(Oc3ccc(NC(=O)[C@@H](OC(=O)c4ccc(F)cc4)C(C)(C)C)cc3F)c2cc1OC. The zero-order valence-electron chi connectivity index (χ0n) is 22.6. The van der Waals surface area contributed by atoms with E-state index in [4.69, 9.17) is 18.9 Å². The van der Waals surface area contributed by atoms with Crippen molar-refractivity contribution in [3.63, 3.8) is 0 Å². The van der Waals surface area contributed by atoms with Gasteiger partial charge < -0.3 is 24.3 Å². The van der Waals surface area contributed by atoms with Crippen molar-refractivity contribution in [2.45, 2.75) is 26.9 Å². The van der Waals surface area contributed by atoms with Gasteiger partial charge in [-0.05, 0) is 48.5 Å². The van der Waals surface area contributed by atoms with Crippen molar-refractivity contribution in [2.75, 3.05) is 19.5 Å². The van der Waals surface area contributed by atoms with Crippen LogP contribution in [0.4, 0.5) is 14.5 Å². The lowest BCUT2D eigenvalue weighted by molar-refractivity contribution is -0.130. The standard InChI is InChI=1S/C30H28F2N2O6/c1-30(2,3)27(40-29(36)17-6-8-18(31)9-7-17)28(35)34-19-10-11-24(21(32)14-19)39-23-12-13-33-22-16-26(38-5)25(37-4)15-20(22)23/h6-16,27H,1-5H3,(H,34,35)/t27-/m1/s1. The summed E-state index contributed by atoms with van der Waals surface area (Å²) in [5, 5.41) is 3.17. The van der Waals surface area contributed by atoms with Gasteiger partial charge in [-0.1, -0.05) is 20.8 Å². The Balaban J connectivity index is 1.53. The largest absolute Gasteiger partial charge is 0.493 e. The van der Waals surface area contributed by atoms with E-state index in [1.54, 1.807) is 39.0 Å². The fraction of sp³-hybridized carbons (Fsp3) is 0.233. The monoisotopic (exact) mass is 550 g/mol. The molecule has 0 aliphatic carbocycles. The number of pyridine rings is 1. The average Bonchev–Trinajstić information content (AvgIpc) is 2.92. The van der Waals surface area contributed by atoms with Crippen LogP contribution in [0.15, 0.2) is 66.9 Å². The molecule has 1 amide bonds. The van der Waals surface area contributed by atoms with Crippen molar-refractivity contribution in [2.24, 2.45) is 5.41 Å². The number of nitrogens with zero attached hydrogens (tertiary/aromatic N) is 1. The molecule has 0 aliphatic rings. The fourth-order valence-corrected chi connectivity index (χ4v) is 3.91. The molecule has 0 unspecified atom stereocenters. The first-order valence-electron chi connectivity index (χ1n) is 12.3. The molecule has 10 heteroatoms. The van der Waals surface area contributed by atoms with Gasteiger partial charge in [0.2, 0.25) is 0 Å². The predicted octanol–water partition coefficient (Wildman–Crippen LogP) is 6.53. The van der Waals surface area contributed by atoms with E-state index < -0.39 is 35.0 Å². The highest BCUT2D eigenvalue weighted by Crippen LogP contribution is 2.37. The molecule has 3 aromatic carbocycles. The number of nitrogens with one attached hydrogen (secondary N) is 1. The number of carbonyl (C=O) groups excluding carboxylic acids is 2. The van der Waals surface area contributed by atoms with Crippen LogP contribution in [-0.2, 0) is 9.53 Å². The highest BCUT2D eigenvalue weighted by Gasteiger charge is 2.35. The van der Waals surface area contributed by atoms with Crippen LogP contribution in [0.5, 0.6) is 23.0 Å². The first kappa shape index (κ1) is 28.3. The number of esters is 1. The fourth-order valence-electron chi connectivity index (χ4n) is 3.91. The summed E-state index contributed by atoms with van der Waals surface area (Å²) >= 11 is 0. The minimum Gasteiger partial charge on any atom is -0.493 e. The van der Waals surface area contributed by atoms with Crippen molar-refractivity contribution >= 4 is 28.5 Å². The van der Waals surface area contributed by atoms with E-state index in [1.165, 1.54) is 44.7 Å². The lowest BCUT2D eigenvalue weighted by Crippen LogP contribution is -2.42. The zero-order chi connectivity index (χ0) is 29.0. The van der Waals surface area contributed by atoms with Crippen molar-refractivity contribution in [3.8, 4) is 23.0 Å². The smallest absolute Gasteiger partial charge is 0.338 e. The number of anilines is 1. The molecule has 0 saturated carbocycles. The van der Waals surface area contributed by atoms with Crippen molar-refractivity contribution in [3.05, 3.63) is 84.1 Å². The number of fused-ring (bicyclic) bond motifs is 1. The van der Waals surface area contributed by atoms with E-state index in [-0.39, 0.29) is 17.0 Å². The third kappa shape index (κ3) is 6.28. The molecule has 1 aromatic heterocycles. The predicted molar refractivity (Wildman–Crippen MR) is 145 cm³/mol. The van der Waals surface area contributed by atoms with Gasteiger partial charge in [0.15, 0.2) is 29.2 Å². The number of halogens is 2. The number of hydrogen-bond donors (Lipinski definition) is 1. The van der Waals surface area contributed by atoms with Gasteiger partial charge in [-0.3, -0.25) is 9.78 Å². The second-order valence-electron chi connectivity index (χ2n) is 9.93. The molecule has 4 rings (SSSR count). The number of hydrogen-bond acceptors (Lipinski definition) is 7. The Morgan fingerprint density at radius 3 is 2.15 bits per heavy atom. The molecule has 0 radical (unpaired) electrons. The van der Waals surface area contributed by atoms with Gasteiger partial charge in [-0.2, -0.15) is 0 Å². The number of aromatic nitrogens is 1. The molecule has 0 fully saturated rings. The van der Waals surface area contributed by atoms with E-state index in [9.17, 15) is 14.0 Å². The van der Waals surface area contributed by atoms with E-state index in [1.807, 2.05) is 0 Å². The summed E-state index contributed by atoms with van der Waals surface area (Å²) in [5.74, 6) is -1.49. The molecule has 1 N–H and O–H groups in total. The number of methoxy groups -OCH3 is 2. The summed E-state index contributed by atoms with van der Waals surface area (Å²) in [4.78, 5) is 30.0. The summed E-state index contributed by atoms with van der Waals surface area (Å²) in [5.41, 5.74) is -0.0143. The van der Waals surface area contributed by atoms with Crippen molar-refractivity contribution < 1.29 is 37.3 Å². The van der Waals surface area contributed by atoms with E-state index in [0.29, 0.717) is 28.2 Å². The maximum Gasteiger partial charge on any atom is 0.338 e. The van der Waals surface area contributed by atoms with Crippen molar-refractivity contribution in [1.29, 1.82) is 0 Å². The molecular weight excluding hydrogens is 522 g/mol. The van der Waals surface area contributed by atoms with Gasteiger partial charge in [0.05, 0.1) is 25.3 Å². The average molecular weight is 551 g/mol. The quantitative estimate of drug-likeness (QED) is 0.249. The molecular formula is C30H28F2N2O6. The van der Waals surface area contributed by atoms with Gasteiger partial charge in [-0.15, -0.1) is 0 Å². The number of benzene rings is 3. The molecule has 4 aromatic rings. The van der Waals surface area contributed by atoms with Crippen molar-refractivity contribution in [1.82, 2.24) is 4.98 Å². The first-order valence-corrected chi connectivity index (χ1v) is 12.3. The number of carbonyl (C=O) groups is 2. The lowest BCUT2D eigenvalue weighted by atomic mass is 9.88. The Hall–Kier alpha value is -4.73. The Bertz CT molecular complexity index is 1550. The van der Waals surface area contributed by atoms with Crippen LogP contribution in [0, 0.1) is 17.0 Å². The third-order valence-electron chi connectivity index (χ3n) is 5.96. The molecule has 0 spiro atoms. The summed E-state index contributed by atoms with van der Waals surface area (Å²) < 4.78 is 50.3. The van der Waals surface area contributed by atoms with Gasteiger partial charge in [0.25, 0.3) is 5.91 Å². The topological polar surface area (TPSA) is 96.0 Å². The maximum atomic E-state index is 15.1. The van der Waals surface area contributed by atoms with Crippen LogP contribution in [0.1, 0.15) is 31.1 Å². The lowest BCUT2D eigenvalue weighted by Gasteiger charge is -2.29. The highest BCUT2D eigenvalue weighted by atomic mass is 19.1. The summed E-state index contributed by atoms with van der Waals surface area (Å²) in [7, 11) is 3.01. The second-order valence-corrected chi connectivity index (χ2v) is 9.93. The van der Waals surface area contributed by atoms with Gasteiger partial charge in [-0.25, -0.2) is 13.6 Å². The molecule has 1 atom stereocenters. The Labute approximate surface area is 229 Å². The second kappa shape index (κ2) is 11.6. The number of ether oxygens (including phenoxy) is 4. The number of amides is 1. The van der Waals surface area contributed by atoms with Crippen LogP contribution in [0.3, 0.4) is 0 Å². The van der Waals surface area contributed by atoms with Crippen LogP contribution >= 0.6 is 0 Å². The Kier molecular flexibility index (Phi) is 8.18. The minimum absolute atomic E-state index is 0.0876. The van der Waals surface area contributed by atoms with Crippen LogP contribution in [-0.4, -0.2) is 37.2 Å². The normalized spacial score (nSPS) is 12.0. The van der Waals surface area contributed by atoms with E-state index in [2.05, 4.69) is 10.3 Å². The van der Waals surface area contributed by atoms with E-state index in [0.717, 1.165) is 18.2 Å². The first-order chi connectivity index (χ1) is 19.0. The minimum atomic E-state index is -1.22. The van der Waals surface area contributed by atoms with Crippen LogP contribution in [0.2, 0.25) is 0 Å². The van der Waals surface area contributed by atoms with Gasteiger partial charge in [0, 0.05) is 34.8 Å². The summed E-state index contributed by atoms with van der Waals surface area (Å²) in [6.45, 7) is 5.16. The van der Waals surface area contributed by atoms with E-state index >= 15 is 4.39 Å². The number of rotatable bonds is 8. The molecule has 0 saturated heterocycles. The summed E-state index contributed by atoms with van der Waals surface area (Å²) in [6, 6.07) is 13.7. The molecule has 8 nitrogen and oxygen atoms in total. The van der Waals surface area contributed by atoms with Gasteiger partial charge >= 0.3 is 5.97 Å². The maximum absolute atomic E-state index is 15.1. The summed E-state index contributed by atoms with van der Waals surface area (Å²) in [6.07, 6.45) is 0.301. The Morgan fingerprint density at radius 1 is 0.850 bits per heavy atom. The molecule has 1 heterocycles. The highest BCUT2D eigenvalue weighted by molar-refractivity contribution is 5.98. The van der Waals surface area contributed by atoms with Crippen LogP contribution < -0.4 is 19.5 Å². The molecule has 40 heavy (non-hydrogen) atoms. The molecule has 0 bridgehead atoms. The Morgan fingerprint density at radius 2 is 1.52 bits per heavy atom. The zero-order valence-corrected chi connectivity index (χ0v) is 22.6. The van der Waals surface area contributed by atoms with Crippen LogP contribution in [0.25, 0.3) is 10.9 Å². The van der Waals surface area contributed by atoms with Gasteiger partial charge in [0.1, 0.15) is 11.6 Å². The third-order valence-corrected chi connectivity index (χ3v) is 5.96. The molecule has 208 valence electrons. The molecule has 0 aliphatic heterocycles.